The minimum absolute atomic E-state index is 0.861. The Bertz CT molecular complexity index is 773. The first-order valence-electron chi connectivity index (χ1n) is 6.25. The quantitative estimate of drug-likeness (QED) is 0.530. The van der Waals surface area contributed by atoms with E-state index in [1.165, 1.54) is 5.56 Å². The van der Waals surface area contributed by atoms with Crippen LogP contribution in [0.15, 0.2) is 43.1 Å². The van der Waals surface area contributed by atoms with Crippen molar-refractivity contribution >= 4 is 16.7 Å². The first kappa shape index (κ1) is 12.3. The fraction of sp³-hybridized carbons (Fsp3) is 0.143. The average Bonchev–Trinajstić information content (AvgIpc) is 3.08. The zero-order chi connectivity index (χ0) is 13.9. The summed E-state index contributed by atoms with van der Waals surface area (Å²) < 4.78 is 1.90. The van der Waals surface area contributed by atoms with Crippen molar-refractivity contribution in [2.24, 2.45) is 0 Å². The highest BCUT2D eigenvalue weighted by molar-refractivity contribution is 5.77. The standard InChI is InChI=1S/2C7H7N3/c1-5-2-3-8-7-6(5)4-9-10-7;1-6-3-2-4-10-5-8-9-7(6)10/h2-4H,1H3,(H,8,9,10);2-5H,1H3. The smallest absolute Gasteiger partial charge is 0.163 e. The molecule has 0 aliphatic carbocycles. The molecule has 0 saturated carbocycles. The van der Waals surface area contributed by atoms with E-state index in [-0.39, 0.29) is 0 Å². The van der Waals surface area contributed by atoms with Crippen molar-refractivity contribution in [1.29, 1.82) is 0 Å². The molecule has 0 radical (unpaired) electrons. The van der Waals surface area contributed by atoms with Crippen molar-refractivity contribution in [3.8, 4) is 0 Å². The molecule has 1 N–H and O–H groups in total. The largest absolute Gasteiger partial charge is 0.289 e. The van der Waals surface area contributed by atoms with Crippen molar-refractivity contribution in [2.45, 2.75) is 13.8 Å². The van der Waals surface area contributed by atoms with Gasteiger partial charge in [0.05, 0.1) is 6.20 Å². The summed E-state index contributed by atoms with van der Waals surface area (Å²) in [4.78, 5) is 4.08. The van der Waals surface area contributed by atoms with E-state index in [4.69, 9.17) is 0 Å². The Morgan fingerprint density at radius 3 is 2.85 bits per heavy atom. The van der Waals surface area contributed by atoms with Crippen molar-refractivity contribution in [3.63, 3.8) is 0 Å². The molecule has 6 heteroatoms. The summed E-state index contributed by atoms with van der Waals surface area (Å²) >= 11 is 0. The Labute approximate surface area is 115 Å². The van der Waals surface area contributed by atoms with Crippen LogP contribution in [0.25, 0.3) is 16.7 Å². The molecule has 4 heterocycles. The number of aryl methyl sites for hydroxylation is 2. The number of aromatic nitrogens is 6. The van der Waals surface area contributed by atoms with Gasteiger partial charge < -0.3 is 0 Å². The molecule has 0 atom stereocenters. The second-order valence-electron chi connectivity index (χ2n) is 4.51. The molecule has 0 spiro atoms. The summed E-state index contributed by atoms with van der Waals surface area (Å²) in [6.07, 6.45) is 7.19. The van der Waals surface area contributed by atoms with Crippen LogP contribution in [0.5, 0.6) is 0 Å². The second kappa shape index (κ2) is 5.08. The molecule has 6 nitrogen and oxygen atoms in total. The molecule has 0 bridgehead atoms. The zero-order valence-electron chi connectivity index (χ0n) is 11.3. The molecule has 0 saturated heterocycles. The van der Waals surface area contributed by atoms with Crippen molar-refractivity contribution in [2.75, 3.05) is 0 Å². The third-order valence-corrected chi connectivity index (χ3v) is 3.09. The zero-order valence-corrected chi connectivity index (χ0v) is 11.3. The van der Waals surface area contributed by atoms with Gasteiger partial charge in [-0.3, -0.25) is 9.50 Å². The van der Waals surface area contributed by atoms with E-state index >= 15 is 0 Å². The van der Waals surface area contributed by atoms with Crippen molar-refractivity contribution in [3.05, 3.63) is 54.2 Å². The van der Waals surface area contributed by atoms with Crippen LogP contribution in [0.1, 0.15) is 11.1 Å². The molecule has 20 heavy (non-hydrogen) atoms. The van der Waals surface area contributed by atoms with E-state index in [0.717, 1.165) is 22.2 Å². The van der Waals surface area contributed by atoms with Gasteiger partial charge in [-0.2, -0.15) is 5.10 Å². The maximum atomic E-state index is 4.08. The van der Waals surface area contributed by atoms with E-state index < -0.39 is 0 Å². The Kier molecular flexibility index (Phi) is 3.12. The van der Waals surface area contributed by atoms with Gasteiger partial charge in [-0.1, -0.05) is 6.07 Å². The van der Waals surface area contributed by atoms with Crippen molar-refractivity contribution < 1.29 is 0 Å². The maximum Gasteiger partial charge on any atom is 0.163 e. The minimum atomic E-state index is 0.861. The van der Waals surface area contributed by atoms with Gasteiger partial charge in [0.15, 0.2) is 11.3 Å². The monoisotopic (exact) mass is 266 g/mol. The lowest BCUT2D eigenvalue weighted by Crippen LogP contribution is -1.83. The lowest BCUT2D eigenvalue weighted by Gasteiger charge is -1.92. The number of pyridine rings is 2. The number of fused-ring (bicyclic) bond motifs is 2. The van der Waals surface area contributed by atoms with Gasteiger partial charge in [0.25, 0.3) is 0 Å². The van der Waals surface area contributed by atoms with E-state index in [9.17, 15) is 0 Å². The third-order valence-electron chi connectivity index (χ3n) is 3.09. The molecule has 4 aromatic rings. The summed E-state index contributed by atoms with van der Waals surface area (Å²) in [6.45, 7) is 4.06. The van der Waals surface area contributed by atoms with Crippen LogP contribution in [-0.4, -0.2) is 29.8 Å². The van der Waals surface area contributed by atoms with Crippen LogP contribution >= 0.6 is 0 Å². The van der Waals surface area contributed by atoms with Crippen molar-refractivity contribution in [1.82, 2.24) is 29.8 Å². The molecule has 4 aromatic heterocycles. The van der Waals surface area contributed by atoms with E-state index in [0.29, 0.717) is 0 Å². The van der Waals surface area contributed by atoms with E-state index in [1.54, 1.807) is 18.7 Å². The molecule has 100 valence electrons. The number of H-pyrrole nitrogens is 1. The van der Waals surface area contributed by atoms with Crippen LogP contribution in [0.4, 0.5) is 0 Å². The summed E-state index contributed by atoms with van der Waals surface area (Å²) in [5.74, 6) is 0. The Hall–Kier alpha value is -2.76. The molecule has 0 aliphatic rings. The Morgan fingerprint density at radius 1 is 1.15 bits per heavy atom. The maximum absolute atomic E-state index is 4.08. The molecule has 0 aliphatic heterocycles. The van der Waals surface area contributed by atoms with Gasteiger partial charge in [-0.15, -0.1) is 10.2 Å². The lowest BCUT2D eigenvalue weighted by atomic mass is 10.2. The molecule has 0 amide bonds. The second-order valence-corrected chi connectivity index (χ2v) is 4.51. The first-order valence-corrected chi connectivity index (χ1v) is 6.25. The predicted octanol–water partition coefficient (Wildman–Crippen LogP) is 2.30. The minimum Gasteiger partial charge on any atom is -0.289 e. The number of rotatable bonds is 0. The third kappa shape index (κ3) is 2.23. The van der Waals surface area contributed by atoms with Crippen LogP contribution in [0.3, 0.4) is 0 Å². The topological polar surface area (TPSA) is 71.8 Å². The van der Waals surface area contributed by atoms with Crippen LogP contribution < -0.4 is 0 Å². The van der Waals surface area contributed by atoms with Gasteiger partial charge in [0, 0.05) is 17.8 Å². The van der Waals surface area contributed by atoms with Gasteiger partial charge in [-0.05, 0) is 37.1 Å². The van der Waals surface area contributed by atoms with Gasteiger partial charge >= 0.3 is 0 Å². The van der Waals surface area contributed by atoms with Crippen LogP contribution in [0, 0.1) is 13.8 Å². The number of hydrogen-bond donors (Lipinski definition) is 1. The number of aromatic amines is 1. The number of nitrogens with zero attached hydrogens (tertiary/aromatic N) is 5. The first-order chi connectivity index (χ1) is 9.75. The van der Waals surface area contributed by atoms with Gasteiger partial charge in [0.1, 0.15) is 6.33 Å². The highest BCUT2D eigenvalue weighted by Gasteiger charge is 1.96. The normalized spacial score (nSPS) is 10.5. The predicted molar refractivity (Wildman–Crippen MR) is 76.3 cm³/mol. The molecule has 4 rings (SSSR count). The fourth-order valence-electron chi connectivity index (χ4n) is 1.97. The van der Waals surface area contributed by atoms with Gasteiger partial charge in [0.2, 0.25) is 0 Å². The number of hydrogen-bond acceptors (Lipinski definition) is 4. The summed E-state index contributed by atoms with van der Waals surface area (Å²) in [7, 11) is 0. The van der Waals surface area contributed by atoms with Crippen LogP contribution in [-0.2, 0) is 0 Å². The lowest BCUT2D eigenvalue weighted by molar-refractivity contribution is 1.10. The molecular formula is C14H14N6. The Balaban J connectivity index is 0.000000121. The highest BCUT2D eigenvalue weighted by atomic mass is 15.2. The number of nitrogens with one attached hydrogen (secondary N) is 1. The Morgan fingerprint density at radius 2 is 2.05 bits per heavy atom. The summed E-state index contributed by atoms with van der Waals surface area (Å²) in [5, 5.41) is 15.5. The molecule has 0 unspecified atom stereocenters. The highest BCUT2D eigenvalue weighted by Crippen LogP contribution is 2.10. The van der Waals surface area contributed by atoms with E-state index in [1.807, 2.05) is 42.6 Å². The molecule has 0 aromatic carbocycles. The average molecular weight is 266 g/mol. The molecular weight excluding hydrogens is 252 g/mol. The van der Waals surface area contributed by atoms with E-state index in [2.05, 4.69) is 25.4 Å². The summed E-state index contributed by atoms with van der Waals surface area (Å²) in [5.41, 5.74) is 4.15. The SMILES string of the molecule is Cc1cccn2cnnc12.Cc1ccnc2[nH]ncc12. The molecule has 0 fully saturated rings. The fourth-order valence-corrected chi connectivity index (χ4v) is 1.97. The summed E-state index contributed by atoms with van der Waals surface area (Å²) in [6, 6.07) is 5.97. The van der Waals surface area contributed by atoms with Gasteiger partial charge in [-0.25, -0.2) is 4.98 Å². The van der Waals surface area contributed by atoms with Crippen LogP contribution in [0.2, 0.25) is 0 Å².